The third kappa shape index (κ3) is 4.58. The second-order valence-electron chi connectivity index (χ2n) is 4.99. The molecule has 0 aromatic heterocycles. The SMILES string of the molecule is CN(C)CCOc1ccccc1Sc1ccc(N)c(N)c1. The molecule has 4 nitrogen and oxygen atoms in total. The smallest absolute Gasteiger partial charge is 0.133 e. The van der Waals surface area contributed by atoms with Crippen LogP contribution < -0.4 is 16.2 Å². The minimum absolute atomic E-state index is 0.603. The summed E-state index contributed by atoms with van der Waals surface area (Å²) < 4.78 is 5.86. The van der Waals surface area contributed by atoms with Crippen LogP contribution in [0.2, 0.25) is 0 Å². The lowest BCUT2D eigenvalue weighted by Gasteiger charge is -2.14. The van der Waals surface area contributed by atoms with Gasteiger partial charge in [0.2, 0.25) is 0 Å². The Hall–Kier alpha value is -1.85. The molecule has 5 heteroatoms. The summed E-state index contributed by atoms with van der Waals surface area (Å²) in [5.41, 5.74) is 12.8. The van der Waals surface area contributed by atoms with Gasteiger partial charge in [-0.2, -0.15) is 0 Å². The van der Waals surface area contributed by atoms with Crippen molar-refractivity contribution in [1.82, 2.24) is 4.90 Å². The van der Waals surface area contributed by atoms with Crippen LogP contribution in [0.5, 0.6) is 5.75 Å². The maximum absolute atomic E-state index is 5.86. The first-order valence-electron chi connectivity index (χ1n) is 6.75. The Morgan fingerprint density at radius 3 is 2.52 bits per heavy atom. The second-order valence-corrected chi connectivity index (χ2v) is 6.11. The van der Waals surface area contributed by atoms with Gasteiger partial charge in [-0.05, 0) is 44.4 Å². The first-order chi connectivity index (χ1) is 10.1. The number of benzene rings is 2. The van der Waals surface area contributed by atoms with Crippen molar-refractivity contribution >= 4 is 23.1 Å². The average Bonchev–Trinajstić information content (AvgIpc) is 2.44. The maximum Gasteiger partial charge on any atom is 0.133 e. The number of likely N-dealkylation sites (N-methyl/N-ethyl adjacent to an activating group) is 1. The molecule has 0 heterocycles. The lowest BCUT2D eigenvalue weighted by atomic mass is 10.3. The molecule has 0 aliphatic rings. The number of para-hydroxylation sites is 1. The molecule has 4 N–H and O–H groups in total. The predicted octanol–water partition coefficient (Wildman–Crippen LogP) is 2.94. The Morgan fingerprint density at radius 2 is 1.81 bits per heavy atom. The normalized spacial score (nSPS) is 10.8. The van der Waals surface area contributed by atoms with E-state index in [4.69, 9.17) is 16.2 Å². The summed E-state index contributed by atoms with van der Waals surface area (Å²) in [6.07, 6.45) is 0. The molecule has 2 aromatic rings. The minimum Gasteiger partial charge on any atom is -0.491 e. The zero-order chi connectivity index (χ0) is 15.2. The van der Waals surface area contributed by atoms with Crippen molar-refractivity contribution in [2.24, 2.45) is 0 Å². The summed E-state index contributed by atoms with van der Waals surface area (Å²) >= 11 is 1.62. The molecular weight excluding hydrogens is 282 g/mol. The number of nitrogen functional groups attached to an aromatic ring is 2. The molecule has 2 rings (SSSR count). The molecular formula is C16H21N3OS. The average molecular weight is 303 g/mol. The third-order valence-corrected chi connectivity index (χ3v) is 3.98. The molecule has 21 heavy (non-hydrogen) atoms. The molecule has 0 aliphatic carbocycles. The Kier molecular flexibility index (Phi) is 5.36. The van der Waals surface area contributed by atoms with E-state index >= 15 is 0 Å². The van der Waals surface area contributed by atoms with Gasteiger partial charge >= 0.3 is 0 Å². The minimum atomic E-state index is 0.603. The van der Waals surface area contributed by atoms with Gasteiger partial charge in [0.05, 0.1) is 16.3 Å². The van der Waals surface area contributed by atoms with Gasteiger partial charge in [-0.15, -0.1) is 0 Å². The lowest BCUT2D eigenvalue weighted by Crippen LogP contribution is -2.19. The molecule has 0 amide bonds. The fraction of sp³-hybridized carbons (Fsp3) is 0.250. The quantitative estimate of drug-likeness (QED) is 0.803. The van der Waals surface area contributed by atoms with Crippen LogP contribution >= 0.6 is 11.8 Å². The summed E-state index contributed by atoms with van der Waals surface area (Å²) in [5, 5.41) is 0. The molecule has 2 aromatic carbocycles. The van der Waals surface area contributed by atoms with Gasteiger partial charge in [0.1, 0.15) is 12.4 Å². The van der Waals surface area contributed by atoms with Gasteiger partial charge in [0.25, 0.3) is 0 Å². The van der Waals surface area contributed by atoms with Gasteiger partial charge in [-0.25, -0.2) is 0 Å². The topological polar surface area (TPSA) is 64.5 Å². The van der Waals surface area contributed by atoms with Crippen molar-refractivity contribution in [3.05, 3.63) is 42.5 Å². The highest BCUT2D eigenvalue weighted by Crippen LogP contribution is 2.36. The van der Waals surface area contributed by atoms with E-state index in [1.807, 2.05) is 56.6 Å². The number of ether oxygens (including phenoxy) is 1. The summed E-state index contributed by atoms with van der Waals surface area (Å²) in [7, 11) is 4.06. The highest BCUT2D eigenvalue weighted by Gasteiger charge is 2.06. The van der Waals surface area contributed by atoms with Crippen molar-refractivity contribution in [2.45, 2.75) is 9.79 Å². The van der Waals surface area contributed by atoms with E-state index in [1.165, 1.54) is 0 Å². The molecule has 112 valence electrons. The highest BCUT2D eigenvalue weighted by atomic mass is 32.2. The van der Waals surface area contributed by atoms with E-state index in [9.17, 15) is 0 Å². The van der Waals surface area contributed by atoms with E-state index in [1.54, 1.807) is 11.8 Å². The Bertz CT molecular complexity index is 602. The van der Waals surface area contributed by atoms with Gasteiger partial charge in [0.15, 0.2) is 0 Å². The van der Waals surface area contributed by atoms with E-state index < -0.39 is 0 Å². The Morgan fingerprint density at radius 1 is 1.05 bits per heavy atom. The van der Waals surface area contributed by atoms with Crippen LogP contribution in [-0.2, 0) is 0 Å². The fourth-order valence-corrected chi connectivity index (χ4v) is 2.69. The van der Waals surface area contributed by atoms with E-state index in [-0.39, 0.29) is 0 Å². The molecule has 0 fully saturated rings. The molecule has 0 radical (unpaired) electrons. The maximum atomic E-state index is 5.86. The van der Waals surface area contributed by atoms with E-state index in [0.29, 0.717) is 18.0 Å². The van der Waals surface area contributed by atoms with Crippen LogP contribution in [0.15, 0.2) is 52.3 Å². The number of anilines is 2. The van der Waals surface area contributed by atoms with Crippen molar-refractivity contribution in [3.63, 3.8) is 0 Å². The fourth-order valence-electron chi connectivity index (χ4n) is 1.74. The number of hydrogen-bond donors (Lipinski definition) is 2. The van der Waals surface area contributed by atoms with Gasteiger partial charge in [0, 0.05) is 11.4 Å². The number of hydrogen-bond acceptors (Lipinski definition) is 5. The molecule has 0 bridgehead atoms. The van der Waals surface area contributed by atoms with Gasteiger partial charge < -0.3 is 21.1 Å². The number of nitrogens with zero attached hydrogens (tertiary/aromatic N) is 1. The van der Waals surface area contributed by atoms with Crippen LogP contribution in [0.4, 0.5) is 11.4 Å². The lowest BCUT2D eigenvalue weighted by molar-refractivity contribution is 0.257. The zero-order valence-electron chi connectivity index (χ0n) is 12.4. The molecule has 0 unspecified atom stereocenters. The monoisotopic (exact) mass is 303 g/mol. The number of nitrogens with two attached hydrogens (primary N) is 2. The summed E-state index contributed by atoms with van der Waals surface area (Å²) in [5.74, 6) is 0.889. The first kappa shape index (κ1) is 15.5. The van der Waals surface area contributed by atoms with Crippen molar-refractivity contribution in [3.8, 4) is 5.75 Å². The van der Waals surface area contributed by atoms with Crippen LogP contribution in [-0.4, -0.2) is 32.1 Å². The molecule has 0 saturated carbocycles. The Labute approximate surface area is 130 Å². The van der Waals surface area contributed by atoms with Crippen LogP contribution in [0.25, 0.3) is 0 Å². The molecule has 0 atom stereocenters. The molecule has 0 spiro atoms. The first-order valence-corrected chi connectivity index (χ1v) is 7.57. The summed E-state index contributed by atoms with van der Waals surface area (Å²) in [4.78, 5) is 4.21. The second kappa shape index (κ2) is 7.24. The van der Waals surface area contributed by atoms with E-state index in [2.05, 4.69) is 4.90 Å². The van der Waals surface area contributed by atoms with Crippen molar-refractivity contribution < 1.29 is 4.74 Å². The predicted molar refractivity (Wildman–Crippen MR) is 89.9 cm³/mol. The number of rotatable bonds is 6. The van der Waals surface area contributed by atoms with Gasteiger partial charge in [-0.3, -0.25) is 0 Å². The van der Waals surface area contributed by atoms with Crippen LogP contribution in [0.1, 0.15) is 0 Å². The summed E-state index contributed by atoms with van der Waals surface area (Å²) in [6.45, 7) is 1.54. The summed E-state index contributed by atoms with van der Waals surface area (Å²) in [6, 6.07) is 13.7. The highest BCUT2D eigenvalue weighted by molar-refractivity contribution is 7.99. The van der Waals surface area contributed by atoms with Crippen LogP contribution in [0.3, 0.4) is 0 Å². The van der Waals surface area contributed by atoms with Crippen molar-refractivity contribution in [1.29, 1.82) is 0 Å². The van der Waals surface area contributed by atoms with Crippen molar-refractivity contribution in [2.75, 3.05) is 38.7 Å². The zero-order valence-corrected chi connectivity index (χ0v) is 13.2. The molecule has 0 aliphatic heterocycles. The largest absolute Gasteiger partial charge is 0.491 e. The third-order valence-electron chi connectivity index (χ3n) is 2.93. The Balaban J connectivity index is 2.10. The molecule has 0 saturated heterocycles. The van der Waals surface area contributed by atoms with E-state index in [0.717, 1.165) is 22.1 Å². The standard InChI is InChI=1S/C16H21N3OS/c1-19(2)9-10-20-15-5-3-4-6-16(15)21-12-7-8-13(17)14(18)11-12/h3-8,11H,9-10,17-18H2,1-2H3. The van der Waals surface area contributed by atoms with Gasteiger partial charge in [-0.1, -0.05) is 23.9 Å². The van der Waals surface area contributed by atoms with Crippen LogP contribution in [0, 0.1) is 0 Å².